The van der Waals surface area contributed by atoms with Gasteiger partial charge < -0.3 is 14.8 Å². The molecule has 1 saturated heterocycles. The second kappa shape index (κ2) is 3.92. The van der Waals surface area contributed by atoms with Crippen molar-refractivity contribution in [2.75, 3.05) is 13.1 Å². The average Bonchev–Trinajstić information content (AvgIpc) is 2.55. The Hall–Kier alpha value is -1.52. The highest BCUT2D eigenvalue weighted by molar-refractivity contribution is 5.75. The second-order valence-electron chi connectivity index (χ2n) is 3.77. The lowest BCUT2D eigenvalue weighted by Gasteiger charge is -2.34. The van der Waals surface area contributed by atoms with Gasteiger partial charge in [0.2, 0.25) is 0 Å². The topological polar surface area (TPSA) is 37.3 Å². The molecule has 0 saturated carbocycles. The summed E-state index contributed by atoms with van der Waals surface area (Å²) in [6.07, 6.45) is 1.08. The fraction of sp³-hybridized carbons (Fsp3) is 0.500. The van der Waals surface area contributed by atoms with Crippen LogP contribution in [0.1, 0.15) is 5.69 Å². The predicted octanol–water partition coefficient (Wildman–Crippen LogP) is 0.888. The van der Waals surface area contributed by atoms with Crippen LogP contribution in [0.2, 0.25) is 0 Å². The first-order chi connectivity index (χ1) is 7.16. The number of amides is 2. The van der Waals surface area contributed by atoms with E-state index in [1.165, 1.54) is 4.90 Å². The molecule has 82 valence electrons. The Bertz CT molecular complexity index is 357. The van der Waals surface area contributed by atoms with Crippen molar-refractivity contribution in [2.45, 2.75) is 12.7 Å². The standard InChI is InChI=1S/C10H14FN3O/c1-13-4-2-3-9(13)5-12-10(15)14-6-8(11)7-14/h2-4,8H,5-7H2,1H3,(H,12,15). The largest absolute Gasteiger partial charge is 0.353 e. The van der Waals surface area contributed by atoms with E-state index in [1.807, 2.05) is 29.9 Å². The van der Waals surface area contributed by atoms with E-state index in [0.29, 0.717) is 6.54 Å². The number of urea groups is 1. The highest BCUT2D eigenvalue weighted by atomic mass is 19.1. The molecule has 0 unspecified atom stereocenters. The number of carbonyl (C=O) groups excluding carboxylic acids is 1. The molecule has 1 aliphatic rings. The van der Waals surface area contributed by atoms with Crippen LogP contribution in [0.15, 0.2) is 18.3 Å². The lowest BCUT2D eigenvalue weighted by atomic mass is 10.2. The number of carbonyl (C=O) groups is 1. The van der Waals surface area contributed by atoms with Crippen molar-refractivity contribution in [3.05, 3.63) is 24.0 Å². The zero-order valence-electron chi connectivity index (χ0n) is 8.61. The van der Waals surface area contributed by atoms with E-state index < -0.39 is 6.17 Å². The summed E-state index contributed by atoms with van der Waals surface area (Å²) in [5.74, 6) is 0. The summed E-state index contributed by atoms with van der Waals surface area (Å²) in [4.78, 5) is 12.9. The van der Waals surface area contributed by atoms with Gasteiger partial charge in [-0.2, -0.15) is 0 Å². The summed E-state index contributed by atoms with van der Waals surface area (Å²) < 4.78 is 14.4. The van der Waals surface area contributed by atoms with Gasteiger partial charge in [0.25, 0.3) is 0 Å². The van der Waals surface area contributed by atoms with Crippen molar-refractivity contribution in [3.8, 4) is 0 Å². The van der Waals surface area contributed by atoms with Gasteiger partial charge in [-0.05, 0) is 12.1 Å². The smallest absolute Gasteiger partial charge is 0.317 e. The Kier molecular flexibility index (Phi) is 2.62. The van der Waals surface area contributed by atoms with Crippen LogP contribution >= 0.6 is 0 Å². The minimum absolute atomic E-state index is 0.190. The Balaban J connectivity index is 1.79. The van der Waals surface area contributed by atoms with Gasteiger partial charge in [-0.25, -0.2) is 9.18 Å². The number of halogens is 1. The molecule has 1 aromatic heterocycles. The van der Waals surface area contributed by atoms with E-state index in [9.17, 15) is 9.18 Å². The van der Waals surface area contributed by atoms with Crippen LogP contribution in [0.5, 0.6) is 0 Å². The van der Waals surface area contributed by atoms with Crippen LogP contribution in [0.25, 0.3) is 0 Å². The van der Waals surface area contributed by atoms with E-state index in [4.69, 9.17) is 0 Å². The van der Waals surface area contributed by atoms with Crippen molar-refractivity contribution < 1.29 is 9.18 Å². The molecule has 1 aromatic rings. The maximum Gasteiger partial charge on any atom is 0.317 e. The predicted molar refractivity (Wildman–Crippen MR) is 54.1 cm³/mol. The number of likely N-dealkylation sites (tertiary alicyclic amines) is 1. The third-order valence-corrected chi connectivity index (χ3v) is 2.60. The van der Waals surface area contributed by atoms with Gasteiger partial charge in [-0.3, -0.25) is 0 Å². The van der Waals surface area contributed by atoms with Gasteiger partial charge in [-0.15, -0.1) is 0 Å². The van der Waals surface area contributed by atoms with Gasteiger partial charge in [0.15, 0.2) is 0 Å². The number of hydrogen-bond donors (Lipinski definition) is 1. The molecular formula is C10H14FN3O. The van der Waals surface area contributed by atoms with Crippen LogP contribution < -0.4 is 5.32 Å². The number of rotatable bonds is 2. The Morgan fingerprint density at radius 2 is 2.40 bits per heavy atom. The Morgan fingerprint density at radius 3 is 2.93 bits per heavy atom. The monoisotopic (exact) mass is 211 g/mol. The zero-order valence-corrected chi connectivity index (χ0v) is 8.61. The molecule has 0 atom stereocenters. The number of aryl methyl sites for hydroxylation is 1. The highest BCUT2D eigenvalue weighted by Gasteiger charge is 2.29. The number of aromatic nitrogens is 1. The summed E-state index contributed by atoms with van der Waals surface area (Å²) in [5.41, 5.74) is 1.03. The van der Waals surface area contributed by atoms with Crippen LogP contribution in [0.4, 0.5) is 9.18 Å². The van der Waals surface area contributed by atoms with E-state index in [0.717, 1.165) is 5.69 Å². The third kappa shape index (κ3) is 2.11. The number of nitrogens with zero attached hydrogens (tertiary/aromatic N) is 2. The number of nitrogens with one attached hydrogen (secondary N) is 1. The van der Waals surface area contributed by atoms with Crippen LogP contribution in [0, 0.1) is 0 Å². The van der Waals surface area contributed by atoms with Gasteiger partial charge in [0.05, 0.1) is 19.6 Å². The molecular weight excluding hydrogens is 197 g/mol. The molecule has 2 heterocycles. The number of hydrogen-bond acceptors (Lipinski definition) is 1. The summed E-state index contributed by atoms with van der Waals surface area (Å²) in [6, 6.07) is 3.67. The lowest BCUT2D eigenvalue weighted by Crippen LogP contribution is -2.54. The van der Waals surface area contributed by atoms with Gasteiger partial charge in [0, 0.05) is 18.9 Å². The van der Waals surface area contributed by atoms with Crippen LogP contribution in [-0.2, 0) is 13.6 Å². The third-order valence-electron chi connectivity index (χ3n) is 2.60. The molecule has 0 aliphatic carbocycles. The summed E-state index contributed by atoms with van der Waals surface area (Å²) in [5, 5.41) is 2.75. The molecule has 2 amide bonds. The van der Waals surface area contributed by atoms with E-state index in [2.05, 4.69) is 5.32 Å². The fourth-order valence-corrected chi connectivity index (χ4v) is 1.55. The lowest BCUT2D eigenvalue weighted by molar-refractivity contribution is 0.0896. The molecule has 1 N–H and O–H groups in total. The molecule has 0 bridgehead atoms. The van der Waals surface area contributed by atoms with Crippen molar-refractivity contribution in [1.82, 2.24) is 14.8 Å². The van der Waals surface area contributed by atoms with Crippen LogP contribution in [-0.4, -0.2) is 34.8 Å². The van der Waals surface area contributed by atoms with Crippen molar-refractivity contribution in [2.24, 2.45) is 7.05 Å². The minimum atomic E-state index is -0.842. The van der Waals surface area contributed by atoms with Crippen molar-refractivity contribution in [3.63, 3.8) is 0 Å². The number of alkyl halides is 1. The molecule has 0 radical (unpaired) electrons. The Morgan fingerprint density at radius 1 is 1.67 bits per heavy atom. The van der Waals surface area contributed by atoms with Gasteiger partial charge in [-0.1, -0.05) is 0 Å². The zero-order chi connectivity index (χ0) is 10.8. The second-order valence-corrected chi connectivity index (χ2v) is 3.77. The normalized spacial score (nSPS) is 16.3. The first-order valence-electron chi connectivity index (χ1n) is 4.94. The summed E-state index contributed by atoms with van der Waals surface area (Å²) in [7, 11) is 1.92. The molecule has 0 spiro atoms. The summed E-state index contributed by atoms with van der Waals surface area (Å²) in [6.45, 7) is 0.924. The maximum atomic E-state index is 12.5. The van der Waals surface area contributed by atoms with Gasteiger partial charge in [0.1, 0.15) is 6.17 Å². The van der Waals surface area contributed by atoms with E-state index in [1.54, 1.807) is 0 Å². The first-order valence-corrected chi connectivity index (χ1v) is 4.94. The quantitative estimate of drug-likeness (QED) is 0.775. The van der Waals surface area contributed by atoms with Crippen molar-refractivity contribution in [1.29, 1.82) is 0 Å². The molecule has 0 aromatic carbocycles. The SMILES string of the molecule is Cn1cccc1CNC(=O)N1CC(F)C1. The van der Waals surface area contributed by atoms with Gasteiger partial charge >= 0.3 is 6.03 Å². The molecule has 5 heteroatoms. The fourth-order valence-electron chi connectivity index (χ4n) is 1.55. The molecule has 15 heavy (non-hydrogen) atoms. The van der Waals surface area contributed by atoms with Crippen LogP contribution in [0.3, 0.4) is 0 Å². The highest BCUT2D eigenvalue weighted by Crippen LogP contribution is 2.10. The van der Waals surface area contributed by atoms with E-state index >= 15 is 0 Å². The minimum Gasteiger partial charge on any atom is -0.353 e. The molecule has 1 fully saturated rings. The summed E-state index contributed by atoms with van der Waals surface area (Å²) >= 11 is 0. The maximum absolute atomic E-state index is 12.5. The van der Waals surface area contributed by atoms with Crippen molar-refractivity contribution >= 4 is 6.03 Å². The Labute approximate surface area is 87.7 Å². The first kappa shape index (κ1) is 10.0. The molecule has 1 aliphatic heterocycles. The van der Waals surface area contributed by atoms with E-state index in [-0.39, 0.29) is 19.1 Å². The molecule has 4 nitrogen and oxygen atoms in total. The average molecular weight is 211 g/mol. The molecule has 2 rings (SSSR count).